The molecule has 0 radical (unpaired) electrons. The SMILES string of the molecule is CCCCCC=CCC=CCC=CC=CCCC=CCCC(=O)O. The number of hydrogen-bond donors (Lipinski definition) is 1. The summed E-state index contributed by atoms with van der Waals surface area (Å²) in [5.41, 5.74) is 0. The van der Waals surface area contributed by atoms with Gasteiger partial charge in [0.05, 0.1) is 0 Å². The van der Waals surface area contributed by atoms with Crippen molar-refractivity contribution in [2.75, 3.05) is 0 Å². The third-order valence-corrected chi connectivity index (χ3v) is 3.43. The zero-order chi connectivity index (χ0) is 17.7. The third kappa shape index (κ3) is 20.2. The molecule has 0 aliphatic heterocycles. The van der Waals surface area contributed by atoms with Crippen LogP contribution in [0.1, 0.15) is 71.1 Å². The Kier molecular flexibility index (Phi) is 17.8. The molecule has 0 spiro atoms. The third-order valence-electron chi connectivity index (χ3n) is 3.43. The van der Waals surface area contributed by atoms with Gasteiger partial charge in [-0.15, -0.1) is 0 Å². The van der Waals surface area contributed by atoms with Crippen molar-refractivity contribution in [1.82, 2.24) is 0 Å². The van der Waals surface area contributed by atoms with Crippen LogP contribution in [0.3, 0.4) is 0 Å². The van der Waals surface area contributed by atoms with Crippen molar-refractivity contribution in [3.05, 3.63) is 60.8 Å². The normalized spacial score (nSPS) is 12.7. The highest BCUT2D eigenvalue weighted by molar-refractivity contribution is 5.66. The maximum Gasteiger partial charge on any atom is 0.303 e. The Morgan fingerprint density at radius 2 is 1.29 bits per heavy atom. The lowest BCUT2D eigenvalue weighted by molar-refractivity contribution is -0.136. The van der Waals surface area contributed by atoms with Crippen molar-refractivity contribution in [3.63, 3.8) is 0 Å². The minimum atomic E-state index is -0.735. The fourth-order valence-corrected chi connectivity index (χ4v) is 2.04. The van der Waals surface area contributed by atoms with Gasteiger partial charge in [0, 0.05) is 6.42 Å². The molecule has 0 heterocycles. The molecule has 134 valence electrons. The Labute approximate surface area is 148 Å². The summed E-state index contributed by atoms with van der Waals surface area (Å²) in [5.74, 6) is -0.735. The highest BCUT2D eigenvalue weighted by Crippen LogP contribution is 2.01. The molecule has 0 aliphatic carbocycles. The minimum Gasteiger partial charge on any atom is -0.481 e. The van der Waals surface area contributed by atoms with Crippen LogP contribution in [0.5, 0.6) is 0 Å². The summed E-state index contributed by atoms with van der Waals surface area (Å²) in [5, 5.41) is 8.50. The summed E-state index contributed by atoms with van der Waals surface area (Å²) in [6, 6.07) is 0. The highest BCUT2D eigenvalue weighted by Gasteiger charge is 1.90. The van der Waals surface area contributed by atoms with Gasteiger partial charge in [-0.25, -0.2) is 0 Å². The number of carboxylic acid groups (broad SMARTS) is 1. The molecule has 2 nitrogen and oxygen atoms in total. The summed E-state index contributed by atoms with van der Waals surface area (Å²) >= 11 is 0. The van der Waals surface area contributed by atoms with Gasteiger partial charge in [-0.1, -0.05) is 80.5 Å². The van der Waals surface area contributed by atoms with Gasteiger partial charge < -0.3 is 5.11 Å². The van der Waals surface area contributed by atoms with E-state index in [-0.39, 0.29) is 6.42 Å². The van der Waals surface area contributed by atoms with Crippen molar-refractivity contribution >= 4 is 5.97 Å². The Bertz CT molecular complexity index is 425. The Balaban J connectivity index is 3.47. The van der Waals surface area contributed by atoms with Gasteiger partial charge >= 0.3 is 5.97 Å². The van der Waals surface area contributed by atoms with Gasteiger partial charge in [0.25, 0.3) is 0 Å². The average Bonchev–Trinajstić information content (AvgIpc) is 2.56. The monoisotopic (exact) mass is 330 g/mol. The summed E-state index contributed by atoms with van der Waals surface area (Å²) in [6.07, 6.45) is 31.4. The molecular formula is C22H34O2. The van der Waals surface area contributed by atoms with Gasteiger partial charge in [-0.05, 0) is 44.9 Å². The second-order valence-corrected chi connectivity index (χ2v) is 5.75. The molecule has 0 aliphatic rings. The van der Waals surface area contributed by atoms with Crippen LogP contribution in [0.2, 0.25) is 0 Å². The van der Waals surface area contributed by atoms with E-state index >= 15 is 0 Å². The van der Waals surface area contributed by atoms with Crippen LogP contribution in [0.25, 0.3) is 0 Å². The van der Waals surface area contributed by atoms with E-state index < -0.39 is 5.97 Å². The number of allylic oxidation sites excluding steroid dienone is 10. The molecule has 2 heteroatoms. The molecule has 0 aromatic rings. The van der Waals surface area contributed by atoms with Crippen LogP contribution in [-0.2, 0) is 4.79 Å². The van der Waals surface area contributed by atoms with Crippen LogP contribution in [0, 0.1) is 0 Å². The lowest BCUT2D eigenvalue weighted by Gasteiger charge is -1.90. The maximum absolute atomic E-state index is 10.3. The highest BCUT2D eigenvalue weighted by atomic mass is 16.4. The second-order valence-electron chi connectivity index (χ2n) is 5.75. The number of carbonyl (C=O) groups is 1. The lowest BCUT2D eigenvalue weighted by atomic mass is 10.2. The lowest BCUT2D eigenvalue weighted by Crippen LogP contribution is -1.91. The van der Waals surface area contributed by atoms with E-state index in [1.54, 1.807) is 0 Å². The van der Waals surface area contributed by atoms with Gasteiger partial charge in [-0.2, -0.15) is 0 Å². The first kappa shape index (κ1) is 22.2. The Morgan fingerprint density at radius 3 is 2.04 bits per heavy atom. The first-order valence-corrected chi connectivity index (χ1v) is 9.25. The smallest absolute Gasteiger partial charge is 0.303 e. The number of rotatable bonds is 15. The molecule has 0 saturated heterocycles. The molecule has 0 aromatic heterocycles. The Morgan fingerprint density at radius 1 is 0.708 bits per heavy atom. The van der Waals surface area contributed by atoms with Gasteiger partial charge in [-0.3, -0.25) is 4.79 Å². The second kappa shape index (κ2) is 19.2. The van der Waals surface area contributed by atoms with Crippen LogP contribution in [0.4, 0.5) is 0 Å². The van der Waals surface area contributed by atoms with E-state index in [4.69, 9.17) is 5.11 Å². The summed E-state index contributed by atoms with van der Waals surface area (Å²) < 4.78 is 0. The molecule has 24 heavy (non-hydrogen) atoms. The van der Waals surface area contributed by atoms with Crippen molar-refractivity contribution in [2.24, 2.45) is 0 Å². The average molecular weight is 331 g/mol. The van der Waals surface area contributed by atoms with Crippen LogP contribution >= 0.6 is 0 Å². The fraction of sp³-hybridized carbons (Fsp3) is 0.500. The molecule has 0 saturated carbocycles. The predicted octanol–water partition coefficient (Wildman–Crippen LogP) is 6.77. The van der Waals surface area contributed by atoms with Crippen molar-refractivity contribution in [1.29, 1.82) is 0 Å². The number of carboxylic acids is 1. The van der Waals surface area contributed by atoms with Crippen molar-refractivity contribution in [2.45, 2.75) is 71.1 Å². The molecule has 0 aromatic carbocycles. The van der Waals surface area contributed by atoms with E-state index in [1.807, 2.05) is 6.08 Å². The summed E-state index contributed by atoms with van der Waals surface area (Å²) in [4.78, 5) is 10.3. The predicted molar refractivity (Wildman–Crippen MR) is 105 cm³/mol. The molecule has 1 N–H and O–H groups in total. The maximum atomic E-state index is 10.3. The van der Waals surface area contributed by atoms with Crippen molar-refractivity contribution in [3.8, 4) is 0 Å². The number of unbranched alkanes of at least 4 members (excludes halogenated alkanes) is 4. The molecule has 0 unspecified atom stereocenters. The standard InChI is InChI=1S/C22H34O2/c1-2-3-4-5-6-7-8-9-10-11-12-13-14-15-16-17-18-19-20-21-22(23)24/h6-7,9-10,12-15,18-19H,2-5,8,11,16-17,20-21H2,1H3,(H,23,24). The van der Waals surface area contributed by atoms with Gasteiger partial charge in [0.1, 0.15) is 0 Å². The Hall–Kier alpha value is -1.83. The number of hydrogen-bond acceptors (Lipinski definition) is 1. The zero-order valence-corrected chi connectivity index (χ0v) is 15.2. The van der Waals surface area contributed by atoms with Crippen LogP contribution < -0.4 is 0 Å². The van der Waals surface area contributed by atoms with Gasteiger partial charge in [0.2, 0.25) is 0 Å². The van der Waals surface area contributed by atoms with Crippen molar-refractivity contribution < 1.29 is 9.90 Å². The summed E-state index contributed by atoms with van der Waals surface area (Å²) in [6.45, 7) is 2.23. The minimum absolute atomic E-state index is 0.219. The topological polar surface area (TPSA) is 37.3 Å². The molecular weight excluding hydrogens is 296 g/mol. The molecule has 0 bridgehead atoms. The zero-order valence-electron chi connectivity index (χ0n) is 15.2. The first-order chi connectivity index (χ1) is 11.8. The van der Waals surface area contributed by atoms with Crippen LogP contribution in [-0.4, -0.2) is 11.1 Å². The summed E-state index contributed by atoms with van der Waals surface area (Å²) in [7, 11) is 0. The first-order valence-electron chi connectivity index (χ1n) is 9.25. The number of aliphatic carboxylic acids is 1. The molecule has 0 fully saturated rings. The fourth-order valence-electron chi connectivity index (χ4n) is 2.04. The molecule has 0 rings (SSSR count). The largest absolute Gasteiger partial charge is 0.481 e. The van der Waals surface area contributed by atoms with E-state index in [2.05, 4.69) is 61.6 Å². The van der Waals surface area contributed by atoms with Gasteiger partial charge in [0.15, 0.2) is 0 Å². The quantitative estimate of drug-likeness (QED) is 0.204. The van der Waals surface area contributed by atoms with E-state index in [9.17, 15) is 4.79 Å². The van der Waals surface area contributed by atoms with E-state index in [0.29, 0.717) is 6.42 Å². The van der Waals surface area contributed by atoms with E-state index in [0.717, 1.165) is 25.7 Å². The van der Waals surface area contributed by atoms with E-state index in [1.165, 1.54) is 25.7 Å². The molecule has 0 atom stereocenters. The molecule has 0 amide bonds. The van der Waals surface area contributed by atoms with Crippen LogP contribution in [0.15, 0.2) is 60.8 Å².